The van der Waals surface area contributed by atoms with E-state index in [1.54, 1.807) is 18.2 Å². The molecule has 3 fully saturated rings. The third kappa shape index (κ3) is 2.92. The van der Waals surface area contributed by atoms with Crippen molar-refractivity contribution in [1.29, 1.82) is 0 Å². The van der Waals surface area contributed by atoms with Crippen LogP contribution in [0.25, 0.3) is 10.8 Å². The Bertz CT molecular complexity index is 1500. The molecule has 0 aromatic heterocycles. The molecule has 1 saturated carbocycles. The number of hydrogen-bond acceptors (Lipinski definition) is 5. The summed E-state index contributed by atoms with van der Waals surface area (Å²) in [5.41, 5.74) is 0.306. The summed E-state index contributed by atoms with van der Waals surface area (Å²) in [4.78, 5) is 52.9. The quantitative estimate of drug-likeness (QED) is 0.321. The molecule has 9 heteroatoms. The molecule has 2 aliphatic carbocycles. The fourth-order valence-electron chi connectivity index (χ4n) is 7.26. The molecule has 1 N–H and O–H groups in total. The molecule has 2 heterocycles. The zero-order chi connectivity index (χ0) is 27.5. The van der Waals surface area contributed by atoms with Crippen LogP contribution in [-0.4, -0.2) is 60.9 Å². The van der Waals surface area contributed by atoms with Crippen molar-refractivity contribution < 1.29 is 24.3 Å². The number of aromatic hydroxyl groups is 1. The average Bonchev–Trinajstić information content (AvgIpc) is 3.20. The Morgan fingerprint density at radius 3 is 2.32 bits per heavy atom. The van der Waals surface area contributed by atoms with Crippen LogP contribution in [0.3, 0.4) is 0 Å². The predicted molar refractivity (Wildman–Crippen MR) is 143 cm³/mol. The highest BCUT2D eigenvalue weighted by molar-refractivity contribution is 6.53. The lowest BCUT2D eigenvalue weighted by Crippen LogP contribution is -2.60. The molecular weight excluding hydrogens is 527 g/mol. The highest BCUT2D eigenvalue weighted by atomic mass is 35.5. The summed E-state index contributed by atoms with van der Waals surface area (Å²) in [7, 11) is 1.35. The lowest BCUT2D eigenvalue weighted by molar-refractivity contribution is -0.146. The molecule has 2 aliphatic heterocycles. The normalized spacial score (nSPS) is 34.9. The monoisotopic (exact) mass is 554 g/mol. The maximum atomic E-state index is 13.8. The fourth-order valence-corrected chi connectivity index (χ4v) is 8.27. The highest BCUT2D eigenvalue weighted by Crippen LogP contribution is 2.66. The standard InChI is InChI=1S/C29H28Cl2N2O5/c1-27(2,3)33-23(35)17-12-11-16-19(20(17)24(33)36)13-28(30)25(37)32(4)26(38)29(28,31)21(16)18-10-9-14-7-5-6-8-15(14)22(18)34/h5-11,17,19-21,34H,12-13H2,1-4H3. The molecule has 6 unspecified atom stereocenters. The largest absolute Gasteiger partial charge is 0.507 e. The maximum absolute atomic E-state index is 13.8. The summed E-state index contributed by atoms with van der Waals surface area (Å²) in [5, 5.41) is 12.9. The minimum atomic E-state index is -1.93. The highest BCUT2D eigenvalue weighted by Gasteiger charge is 2.76. The third-order valence-corrected chi connectivity index (χ3v) is 10.3. The number of benzene rings is 2. The van der Waals surface area contributed by atoms with Crippen LogP contribution in [0.15, 0.2) is 48.0 Å². The van der Waals surface area contributed by atoms with Gasteiger partial charge in [-0.1, -0.05) is 48.0 Å². The molecule has 0 radical (unpaired) electrons. The number of allylic oxidation sites excluding steroid dienone is 2. The number of nitrogens with zero attached hydrogens (tertiary/aromatic N) is 2. The average molecular weight is 555 g/mol. The molecule has 198 valence electrons. The van der Waals surface area contributed by atoms with Gasteiger partial charge in [-0.05, 0) is 44.9 Å². The maximum Gasteiger partial charge on any atom is 0.253 e. The van der Waals surface area contributed by atoms with E-state index in [1.165, 1.54) is 11.9 Å². The van der Waals surface area contributed by atoms with Gasteiger partial charge in [-0.15, -0.1) is 23.2 Å². The number of amides is 4. The number of carbonyl (C=O) groups excluding carboxylic acids is 4. The topological polar surface area (TPSA) is 95.0 Å². The van der Waals surface area contributed by atoms with Gasteiger partial charge in [0.15, 0.2) is 9.75 Å². The summed E-state index contributed by atoms with van der Waals surface area (Å²) < 4.78 is 0. The van der Waals surface area contributed by atoms with E-state index in [1.807, 2.05) is 45.0 Å². The second kappa shape index (κ2) is 7.82. The number of rotatable bonds is 1. The van der Waals surface area contributed by atoms with E-state index >= 15 is 0 Å². The number of phenols is 1. The molecule has 4 aliphatic rings. The van der Waals surface area contributed by atoms with Crippen LogP contribution < -0.4 is 0 Å². The van der Waals surface area contributed by atoms with Crippen LogP contribution in [0, 0.1) is 17.8 Å². The molecule has 6 rings (SSSR count). The molecule has 2 aromatic carbocycles. The van der Waals surface area contributed by atoms with Crippen molar-refractivity contribution in [3.8, 4) is 5.75 Å². The second-order valence-electron chi connectivity index (χ2n) is 11.9. The van der Waals surface area contributed by atoms with E-state index in [-0.39, 0.29) is 24.0 Å². The van der Waals surface area contributed by atoms with Gasteiger partial charge in [0.25, 0.3) is 11.8 Å². The number of imide groups is 2. The molecule has 6 atom stereocenters. The van der Waals surface area contributed by atoms with E-state index in [2.05, 4.69) is 0 Å². The Labute approximate surface area is 230 Å². The SMILES string of the molecule is CN1C(=O)C2(Cl)CC3C(=CCC4C(=O)N(C(C)(C)C)C(=O)C43)C(c3ccc4ccccc4c3O)C2(Cl)C1=O. The van der Waals surface area contributed by atoms with E-state index < -0.39 is 50.8 Å². The molecular formula is C29H28Cl2N2O5. The Morgan fingerprint density at radius 2 is 1.63 bits per heavy atom. The summed E-state index contributed by atoms with van der Waals surface area (Å²) in [5.74, 6) is -4.83. The van der Waals surface area contributed by atoms with Gasteiger partial charge in [-0.25, -0.2) is 0 Å². The van der Waals surface area contributed by atoms with Gasteiger partial charge >= 0.3 is 0 Å². The van der Waals surface area contributed by atoms with Crippen molar-refractivity contribution in [1.82, 2.24) is 9.80 Å². The molecule has 4 amide bonds. The molecule has 0 spiro atoms. The first-order valence-electron chi connectivity index (χ1n) is 12.7. The third-order valence-electron chi connectivity index (χ3n) is 8.93. The smallest absolute Gasteiger partial charge is 0.253 e. The van der Waals surface area contributed by atoms with Gasteiger partial charge in [-0.3, -0.25) is 29.0 Å². The molecule has 0 bridgehead atoms. The van der Waals surface area contributed by atoms with Gasteiger partial charge in [0, 0.05) is 29.5 Å². The molecule has 38 heavy (non-hydrogen) atoms. The summed E-state index contributed by atoms with van der Waals surface area (Å²) in [6.07, 6.45) is 2.10. The number of alkyl halides is 2. The Balaban J connectivity index is 1.60. The lowest BCUT2D eigenvalue weighted by atomic mass is 9.56. The Kier molecular flexibility index (Phi) is 5.23. The van der Waals surface area contributed by atoms with Crippen molar-refractivity contribution in [2.75, 3.05) is 7.05 Å². The Morgan fingerprint density at radius 1 is 0.947 bits per heavy atom. The number of hydrogen-bond donors (Lipinski definition) is 1. The van der Waals surface area contributed by atoms with E-state index in [4.69, 9.17) is 23.2 Å². The van der Waals surface area contributed by atoms with E-state index in [9.17, 15) is 24.3 Å². The molecule has 7 nitrogen and oxygen atoms in total. The predicted octanol–water partition coefficient (Wildman–Crippen LogP) is 4.33. The van der Waals surface area contributed by atoms with Crippen molar-refractivity contribution in [2.45, 2.75) is 54.8 Å². The first kappa shape index (κ1) is 25.4. The molecule has 2 aromatic rings. The summed E-state index contributed by atoms with van der Waals surface area (Å²) in [6, 6.07) is 10.8. The minimum absolute atomic E-state index is 0.0595. The Hall–Kier alpha value is -2.90. The fraction of sp³-hybridized carbons (Fsp3) is 0.448. The van der Waals surface area contributed by atoms with Crippen LogP contribution in [0.2, 0.25) is 0 Å². The molecule has 2 saturated heterocycles. The number of fused-ring (bicyclic) bond motifs is 5. The van der Waals surface area contributed by atoms with Crippen molar-refractivity contribution in [3.05, 3.63) is 53.6 Å². The summed E-state index contributed by atoms with van der Waals surface area (Å²) >= 11 is 14.4. The van der Waals surface area contributed by atoms with Crippen molar-refractivity contribution in [3.63, 3.8) is 0 Å². The zero-order valence-corrected chi connectivity index (χ0v) is 23.0. The van der Waals surface area contributed by atoms with Crippen LogP contribution in [0.4, 0.5) is 0 Å². The number of likely N-dealkylation sites (tertiary alicyclic amines) is 2. The lowest BCUT2D eigenvalue weighted by Gasteiger charge is -2.51. The van der Waals surface area contributed by atoms with Gasteiger partial charge in [-0.2, -0.15) is 0 Å². The number of phenolic OH excluding ortho intramolecular Hbond substituents is 1. The first-order chi connectivity index (χ1) is 17.7. The van der Waals surface area contributed by atoms with Crippen LogP contribution in [0.5, 0.6) is 5.75 Å². The zero-order valence-electron chi connectivity index (χ0n) is 21.5. The summed E-state index contributed by atoms with van der Waals surface area (Å²) in [6.45, 7) is 5.44. The minimum Gasteiger partial charge on any atom is -0.507 e. The first-order valence-corrected chi connectivity index (χ1v) is 13.5. The van der Waals surface area contributed by atoms with Crippen molar-refractivity contribution in [2.24, 2.45) is 17.8 Å². The second-order valence-corrected chi connectivity index (χ2v) is 13.1. The van der Waals surface area contributed by atoms with Crippen LogP contribution >= 0.6 is 23.2 Å². The number of halogens is 2. The van der Waals surface area contributed by atoms with Gasteiger partial charge in [0.05, 0.1) is 11.8 Å². The van der Waals surface area contributed by atoms with Crippen LogP contribution in [-0.2, 0) is 19.2 Å². The van der Waals surface area contributed by atoms with Crippen molar-refractivity contribution >= 4 is 57.6 Å². The van der Waals surface area contributed by atoms with Crippen LogP contribution in [0.1, 0.15) is 45.1 Å². The van der Waals surface area contributed by atoms with Gasteiger partial charge in [0.1, 0.15) is 5.75 Å². The van der Waals surface area contributed by atoms with Gasteiger partial charge < -0.3 is 5.11 Å². The number of carbonyl (C=O) groups is 4. The van der Waals surface area contributed by atoms with Gasteiger partial charge in [0.2, 0.25) is 11.8 Å². The van der Waals surface area contributed by atoms with E-state index in [0.717, 1.165) is 10.3 Å². The van der Waals surface area contributed by atoms with E-state index in [0.29, 0.717) is 22.9 Å².